The van der Waals surface area contributed by atoms with Crippen molar-refractivity contribution in [2.75, 3.05) is 44.6 Å². The molecule has 3 amide bonds. The molecule has 1 aliphatic rings. The molecule has 0 spiro atoms. The Labute approximate surface area is 221 Å². The van der Waals surface area contributed by atoms with Gasteiger partial charge in [0.15, 0.2) is 11.5 Å². The lowest BCUT2D eigenvalue weighted by molar-refractivity contribution is 0.0953. The molecule has 0 saturated carbocycles. The summed E-state index contributed by atoms with van der Waals surface area (Å²) in [6.45, 7) is 7.67. The monoisotopic (exact) mass is 512 g/mol. The Morgan fingerprint density at radius 2 is 1.74 bits per heavy atom. The van der Waals surface area contributed by atoms with Crippen molar-refractivity contribution in [2.24, 2.45) is 0 Å². The molecule has 1 saturated heterocycles. The zero-order valence-electron chi connectivity index (χ0n) is 21.6. The van der Waals surface area contributed by atoms with Gasteiger partial charge in [0.25, 0.3) is 5.91 Å². The minimum absolute atomic E-state index is 0.0977. The largest absolute Gasteiger partial charge is 0.350 e. The second kappa shape index (κ2) is 11.3. The molecule has 1 aliphatic heterocycles. The highest BCUT2D eigenvalue weighted by atomic mass is 16.2. The molecule has 4 aromatic rings. The molecule has 10 heteroatoms. The number of rotatable bonds is 7. The predicted molar refractivity (Wildman–Crippen MR) is 148 cm³/mol. The van der Waals surface area contributed by atoms with Crippen LogP contribution in [-0.2, 0) is 0 Å². The van der Waals surface area contributed by atoms with E-state index in [0.29, 0.717) is 43.2 Å². The third-order valence-corrected chi connectivity index (χ3v) is 6.60. The number of piperazine rings is 1. The zero-order chi connectivity index (χ0) is 26.5. The van der Waals surface area contributed by atoms with Crippen LogP contribution in [0, 0.1) is 13.8 Å². The van der Waals surface area contributed by atoms with Crippen LogP contribution in [0.15, 0.2) is 61.1 Å². The van der Waals surface area contributed by atoms with E-state index >= 15 is 0 Å². The fraction of sp³-hybridized carbons (Fsp3) is 0.286. The summed E-state index contributed by atoms with van der Waals surface area (Å²) in [5, 5.41) is 12.3. The van der Waals surface area contributed by atoms with Crippen molar-refractivity contribution in [3.63, 3.8) is 0 Å². The standard InChI is InChI=1S/C28H32N8O2/c1-19-3-5-21(6-4-19)24-18-33-26-25(30-13-16-36(24)26)34-22-7-8-23(20(2)17-22)27(37)31-9-10-32-28(38)35-14-11-29-12-15-35/h3-8,13,16-18,29H,9-12,14-15H2,1-2H3,(H,30,34)(H,31,37)(H,32,38). The first-order valence-corrected chi connectivity index (χ1v) is 12.8. The molecule has 0 aliphatic carbocycles. The van der Waals surface area contributed by atoms with Crippen molar-refractivity contribution < 1.29 is 9.59 Å². The summed E-state index contributed by atoms with van der Waals surface area (Å²) in [6, 6.07) is 13.8. The molecule has 10 nitrogen and oxygen atoms in total. The highest BCUT2D eigenvalue weighted by molar-refractivity contribution is 5.96. The van der Waals surface area contributed by atoms with Gasteiger partial charge in [-0.05, 0) is 37.6 Å². The lowest BCUT2D eigenvalue weighted by Gasteiger charge is -2.27. The number of urea groups is 1. The van der Waals surface area contributed by atoms with E-state index in [1.807, 2.05) is 35.9 Å². The zero-order valence-corrected chi connectivity index (χ0v) is 21.6. The highest BCUT2D eigenvalue weighted by Crippen LogP contribution is 2.26. The summed E-state index contributed by atoms with van der Waals surface area (Å²) in [7, 11) is 0. The average Bonchev–Trinajstić information content (AvgIpc) is 3.37. The number of nitrogens with zero attached hydrogens (tertiary/aromatic N) is 4. The Hall–Kier alpha value is -4.44. The Kier molecular flexibility index (Phi) is 7.50. The van der Waals surface area contributed by atoms with E-state index in [2.05, 4.69) is 62.4 Å². The number of imidazole rings is 1. The van der Waals surface area contributed by atoms with Crippen LogP contribution >= 0.6 is 0 Å². The minimum Gasteiger partial charge on any atom is -0.350 e. The smallest absolute Gasteiger partial charge is 0.317 e. The van der Waals surface area contributed by atoms with Crippen molar-refractivity contribution in [1.29, 1.82) is 0 Å². The lowest BCUT2D eigenvalue weighted by Crippen LogP contribution is -2.51. The first-order valence-electron chi connectivity index (χ1n) is 12.8. The van der Waals surface area contributed by atoms with Gasteiger partial charge in [0.2, 0.25) is 0 Å². The van der Waals surface area contributed by atoms with E-state index < -0.39 is 0 Å². The van der Waals surface area contributed by atoms with Crippen molar-refractivity contribution >= 4 is 29.1 Å². The maximum atomic E-state index is 12.7. The van der Waals surface area contributed by atoms with E-state index in [4.69, 9.17) is 0 Å². The van der Waals surface area contributed by atoms with Crippen LogP contribution in [0.2, 0.25) is 0 Å². The summed E-state index contributed by atoms with van der Waals surface area (Å²) < 4.78 is 2.01. The SMILES string of the molecule is Cc1ccc(-c2cnc3c(Nc4ccc(C(=O)NCCNC(=O)N5CCNCC5)c(C)c4)nccn23)cc1. The number of carbonyl (C=O) groups is 2. The normalized spacial score (nSPS) is 13.4. The number of aryl methyl sites for hydroxylation is 2. The van der Waals surface area contributed by atoms with Crippen LogP contribution in [0.4, 0.5) is 16.3 Å². The molecule has 0 atom stereocenters. The molecule has 4 N–H and O–H groups in total. The topological polar surface area (TPSA) is 116 Å². The number of amides is 3. The van der Waals surface area contributed by atoms with Gasteiger partial charge in [-0.25, -0.2) is 14.8 Å². The van der Waals surface area contributed by atoms with E-state index in [-0.39, 0.29) is 11.9 Å². The summed E-state index contributed by atoms with van der Waals surface area (Å²) in [6.07, 6.45) is 5.48. The van der Waals surface area contributed by atoms with Gasteiger partial charge < -0.3 is 26.2 Å². The molecule has 1 fully saturated rings. The molecule has 38 heavy (non-hydrogen) atoms. The predicted octanol–water partition coefficient (Wildman–Crippen LogP) is 3.10. The summed E-state index contributed by atoms with van der Waals surface area (Å²) in [5.41, 5.74) is 6.20. The van der Waals surface area contributed by atoms with Gasteiger partial charge in [-0.3, -0.25) is 9.20 Å². The van der Waals surface area contributed by atoms with Crippen LogP contribution in [0.1, 0.15) is 21.5 Å². The number of hydrogen-bond donors (Lipinski definition) is 4. The van der Waals surface area contributed by atoms with Crippen molar-refractivity contribution in [1.82, 2.24) is 35.2 Å². The molecule has 3 heterocycles. The second-order valence-electron chi connectivity index (χ2n) is 9.36. The minimum atomic E-state index is -0.179. The van der Waals surface area contributed by atoms with E-state index in [0.717, 1.165) is 35.6 Å². The van der Waals surface area contributed by atoms with E-state index in [1.54, 1.807) is 17.2 Å². The number of nitrogens with one attached hydrogen (secondary N) is 4. The third-order valence-electron chi connectivity index (χ3n) is 6.60. The number of aromatic nitrogens is 3. The van der Waals surface area contributed by atoms with E-state index in [1.165, 1.54) is 5.56 Å². The van der Waals surface area contributed by atoms with Crippen LogP contribution < -0.4 is 21.3 Å². The Balaban J connectivity index is 1.21. The maximum Gasteiger partial charge on any atom is 0.317 e. The van der Waals surface area contributed by atoms with Gasteiger partial charge >= 0.3 is 6.03 Å². The third kappa shape index (κ3) is 5.60. The van der Waals surface area contributed by atoms with Gasteiger partial charge in [-0.15, -0.1) is 0 Å². The number of fused-ring (bicyclic) bond motifs is 1. The van der Waals surface area contributed by atoms with Crippen LogP contribution in [0.5, 0.6) is 0 Å². The Morgan fingerprint density at radius 1 is 0.974 bits per heavy atom. The Morgan fingerprint density at radius 3 is 2.50 bits per heavy atom. The van der Waals surface area contributed by atoms with Gasteiger partial charge in [-0.2, -0.15) is 0 Å². The van der Waals surface area contributed by atoms with Crippen LogP contribution in [-0.4, -0.2) is 70.5 Å². The highest BCUT2D eigenvalue weighted by Gasteiger charge is 2.16. The van der Waals surface area contributed by atoms with Crippen molar-refractivity contribution in [3.05, 3.63) is 77.7 Å². The van der Waals surface area contributed by atoms with Crippen LogP contribution in [0.3, 0.4) is 0 Å². The average molecular weight is 513 g/mol. The first kappa shape index (κ1) is 25.2. The van der Waals surface area contributed by atoms with Gasteiger partial charge in [-0.1, -0.05) is 29.8 Å². The quantitative estimate of drug-likeness (QED) is 0.283. The lowest BCUT2D eigenvalue weighted by atomic mass is 10.1. The number of anilines is 2. The molecule has 0 unspecified atom stereocenters. The first-order chi connectivity index (χ1) is 18.5. The number of carbonyl (C=O) groups excluding carboxylic acids is 2. The molecule has 0 radical (unpaired) electrons. The molecular weight excluding hydrogens is 480 g/mol. The van der Waals surface area contributed by atoms with Crippen molar-refractivity contribution in [3.8, 4) is 11.3 Å². The fourth-order valence-electron chi connectivity index (χ4n) is 4.50. The Bertz CT molecular complexity index is 1440. The molecule has 0 bridgehead atoms. The van der Waals surface area contributed by atoms with Gasteiger partial charge in [0, 0.05) is 68.5 Å². The molecule has 5 rings (SSSR count). The van der Waals surface area contributed by atoms with Gasteiger partial charge in [0.1, 0.15) is 0 Å². The number of benzene rings is 2. The van der Waals surface area contributed by atoms with Gasteiger partial charge in [0.05, 0.1) is 11.9 Å². The molecule has 2 aromatic heterocycles. The molecule has 2 aromatic carbocycles. The number of hydrogen-bond acceptors (Lipinski definition) is 6. The maximum absolute atomic E-state index is 12.7. The van der Waals surface area contributed by atoms with Crippen LogP contribution in [0.25, 0.3) is 16.9 Å². The molecule has 196 valence electrons. The second-order valence-corrected chi connectivity index (χ2v) is 9.36. The van der Waals surface area contributed by atoms with Crippen molar-refractivity contribution in [2.45, 2.75) is 13.8 Å². The summed E-state index contributed by atoms with van der Waals surface area (Å²) in [5.74, 6) is 0.449. The van der Waals surface area contributed by atoms with E-state index in [9.17, 15) is 9.59 Å². The summed E-state index contributed by atoms with van der Waals surface area (Å²) >= 11 is 0. The molecular formula is C28H32N8O2. The summed E-state index contributed by atoms with van der Waals surface area (Å²) in [4.78, 5) is 35.8. The fourth-order valence-corrected chi connectivity index (χ4v) is 4.50.